The second-order valence-corrected chi connectivity index (χ2v) is 6.92. The molecule has 0 saturated heterocycles. The van der Waals surface area contributed by atoms with Crippen LogP contribution in [-0.2, 0) is 5.41 Å². The van der Waals surface area contributed by atoms with Gasteiger partial charge < -0.3 is 11.1 Å². The molecule has 2 aromatic rings. The third kappa shape index (κ3) is 3.60. The number of nitrogens with zero attached hydrogens (tertiary/aromatic N) is 1. The van der Waals surface area contributed by atoms with Crippen LogP contribution < -0.4 is 11.1 Å². The molecule has 0 bridgehead atoms. The molecule has 0 aliphatic heterocycles. The lowest BCUT2D eigenvalue weighted by molar-refractivity contribution is 0.0917. The number of amides is 1. The Morgan fingerprint density at radius 3 is 2.71 bits per heavy atom. The van der Waals surface area contributed by atoms with Gasteiger partial charge in [0.2, 0.25) is 0 Å². The second-order valence-electron chi connectivity index (χ2n) is 6.48. The number of rotatable bonds is 4. The molecule has 5 heteroatoms. The van der Waals surface area contributed by atoms with Gasteiger partial charge in [-0.25, -0.2) is 0 Å². The van der Waals surface area contributed by atoms with E-state index in [1.165, 1.54) is 5.56 Å². The first-order valence-corrected chi connectivity index (χ1v) is 8.68. The fourth-order valence-corrected chi connectivity index (χ4v) is 3.70. The highest BCUT2D eigenvalue weighted by Crippen LogP contribution is 2.39. The van der Waals surface area contributed by atoms with Gasteiger partial charge in [0.1, 0.15) is 0 Å². The molecule has 126 valence electrons. The molecule has 1 amide bonds. The van der Waals surface area contributed by atoms with Crippen LogP contribution in [0.3, 0.4) is 0 Å². The molecule has 1 aliphatic rings. The number of halogens is 1. The molecule has 3 rings (SSSR count). The van der Waals surface area contributed by atoms with E-state index in [9.17, 15) is 4.79 Å². The van der Waals surface area contributed by atoms with Crippen LogP contribution in [0.25, 0.3) is 0 Å². The predicted octanol–water partition coefficient (Wildman–Crippen LogP) is 3.30. The van der Waals surface area contributed by atoms with E-state index in [1.807, 2.05) is 18.2 Å². The number of pyridine rings is 1. The minimum absolute atomic E-state index is 0.0412. The molecule has 4 nitrogen and oxygen atoms in total. The van der Waals surface area contributed by atoms with Crippen molar-refractivity contribution >= 4 is 17.5 Å². The van der Waals surface area contributed by atoms with Crippen molar-refractivity contribution in [1.29, 1.82) is 0 Å². The van der Waals surface area contributed by atoms with Crippen LogP contribution in [0.1, 0.15) is 41.6 Å². The van der Waals surface area contributed by atoms with E-state index in [-0.39, 0.29) is 17.4 Å². The number of aromatic nitrogens is 1. The summed E-state index contributed by atoms with van der Waals surface area (Å²) in [7, 11) is 0. The molecule has 1 aliphatic carbocycles. The number of nitrogens with two attached hydrogens (primary N) is 1. The number of carbonyl (C=O) groups is 1. The van der Waals surface area contributed by atoms with E-state index >= 15 is 0 Å². The monoisotopic (exact) mass is 343 g/mol. The molecule has 0 unspecified atom stereocenters. The molecule has 0 spiro atoms. The van der Waals surface area contributed by atoms with Crippen LogP contribution in [0.15, 0.2) is 48.8 Å². The van der Waals surface area contributed by atoms with Crippen molar-refractivity contribution in [3.05, 3.63) is 64.9 Å². The Hall–Kier alpha value is -1.91. The average molecular weight is 344 g/mol. The molecule has 0 atom stereocenters. The third-order valence-electron chi connectivity index (χ3n) is 5.03. The van der Waals surface area contributed by atoms with Crippen molar-refractivity contribution in [2.75, 3.05) is 6.54 Å². The Bertz CT molecular complexity index is 697. The smallest absolute Gasteiger partial charge is 0.253 e. The summed E-state index contributed by atoms with van der Waals surface area (Å²) in [6, 6.07) is 11.7. The van der Waals surface area contributed by atoms with E-state index in [1.54, 1.807) is 24.5 Å². The van der Waals surface area contributed by atoms with Gasteiger partial charge in [-0.2, -0.15) is 0 Å². The summed E-state index contributed by atoms with van der Waals surface area (Å²) >= 11 is 6.14. The highest BCUT2D eigenvalue weighted by atomic mass is 35.5. The van der Waals surface area contributed by atoms with Crippen molar-refractivity contribution in [1.82, 2.24) is 10.3 Å². The molecule has 1 heterocycles. The van der Waals surface area contributed by atoms with E-state index in [0.717, 1.165) is 30.7 Å². The standard InChI is InChI=1S/C19H22ClN3O/c20-16-5-1-4-15(11-16)19(13-21)8-6-17(7-9-19)23-18(24)14-3-2-10-22-12-14/h1-5,10-12,17H,6-9,13,21H2,(H,23,24)/t17-,19-. The first-order valence-electron chi connectivity index (χ1n) is 8.30. The molecule has 3 N–H and O–H groups in total. The zero-order valence-electron chi connectivity index (χ0n) is 13.5. The molecular weight excluding hydrogens is 322 g/mol. The van der Waals surface area contributed by atoms with Crippen molar-refractivity contribution in [3.8, 4) is 0 Å². The maximum absolute atomic E-state index is 12.3. The summed E-state index contributed by atoms with van der Waals surface area (Å²) in [6.45, 7) is 0.594. The van der Waals surface area contributed by atoms with Gasteiger partial charge in [-0.1, -0.05) is 23.7 Å². The highest BCUT2D eigenvalue weighted by Gasteiger charge is 2.36. The SMILES string of the molecule is NC[C@]1(c2cccc(Cl)c2)CC[C@H](NC(=O)c2cccnc2)CC1. The molecule has 1 aromatic carbocycles. The fraction of sp³-hybridized carbons (Fsp3) is 0.368. The van der Waals surface area contributed by atoms with Gasteiger partial charge in [0.05, 0.1) is 5.56 Å². The first-order chi connectivity index (χ1) is 11.6. The van der Waals surface area contributed by atoms with Gasteiger partial charge >= 0.3 is 0 Å². The van der Waals surface area contributed by atoms with Crippen molar-refractivity contribution < 1.29 is 4.79 Å². The van der Waals surface area contributed by atoms with Crippen LogP contribution in [0.4, 0.5) is 0 Å². The lowest BCUT2D eigenvalue weighted by Gasteiger charge is -2.40. The quantitative estimate of drug-likeness (QED) is 0.895. The number of nitrogens with one attached hydrogen (secondary N) is 1. The van der Waals surface area contributed by atoms with Gasteiger partial charge in [0.25, 0.3) is 5.91 Å². The zero-order valence-corrected chi connectivity index (χ0v) is 14.3. The number of hydrogen-bond donors (Lipinski definition) is 2. The van der Waals surface area contributed by atoms with E-state index in [2.05, 4.69) is 16.4 Å². The lowest BCUT2D eigenvalue weighted by Crippen LogP contribution is -2.45. The van der Waals surface area contributed by atoms with Crippen LogP contribution in [0, 0.1) is 0 Å². The summed E-state index contributed by atoms with van der Waals surface area (Å²) in [5.41, 5.74) is 7.88. The van der Waals surface area contributed by atoms with Crippen molar-refractivity contribution in [2.45, 2.75) is 37.1 Å². The van der Waals surface area contributed by atoms with Crippen LogP contribution in [-0.4, -0.2) is 23.5 Å². The van der Waals surface area contributed by atoms with Crippen LogP contribution >= 0.6 is 11.6 Å². The third-order valence-corrected chi connectivity index (χ3v) is 5.26. The summed E-state index contributed by atoms with van der Waals surface area (Å²) in [6.07, 6.45) is 6.97. The molecule has 24 heavy (non-hydrogen) atoms. The zero-order chi connectivity index (χ0) is 17.0. The summed E-state index contributed by atoms with van der Waals surface area (Å²) in [5.74, 6) is -0.0592. The predicted molar refractivity (Wildman–Crippen MR) is 96.1 cm³/mol. The minimum atomic E-state index is -0.0592. The van der Waals surface area contributed by atoms with E-state index in [4.69, 9.17) is 17.3 Å². The number of hydrogen-bond acceptors (Lipinski definition) is 3. The Morgan fingerprint density at radius 1 is 1.29 bits per heavy atom. The largest absolute Gasteiger partial charge is 0.349 e. The fourth-order valence-electron chi connectivity index (χ4n) is 3.51. The molecule has 1 fully saturated rings. The van der Waals surface area contributed by atoms with E-state index < -0.39 is 0 Å². The van der Waals surface area contributed by atoms with Gasteiger partial charge in [0, 0.05) is 35.4 Å². The normalized spacial score (nSPS) is 23.7. The Balaban J connectivity index is 1.65. The van der Waals surface area contributed by atoms with Gasteiger partial charge in [-0.15, -0.1) is 0 Å². The molecule has 1 aromatic heterocycles. The van der Waals surface area contributed by atoms with Crippen LogP contribution in [0.2, 0.25) is 5.02 Å². The van der Waals surface area contributed by atoms with Crippen molar-refractivity contribution in [2.24, 2.45) is 5.73 Å². The maximum atomic E-state index is 12.3. The van der Waals surface area contributed by atoms with Crippen LogP contribution in [0.5, 0.6) is 0 Å². The second kappa shape index (κ2) is 7.32. The average Bonchev–Trinajstić information content (AvgIpc) is 2.63. The number of carbonyl (C=O) groups excluding carboxylic acids is 1. The lowest BCUT2D eigenvalue weighted by atomic mass is 9.68. The summed E-state index contributed by atoms with van der Waals surface area (Å²) < 4.78 is 0. The van der Waals surface area contributed by atoms with Gasteiger partial charge in [-0.05, 0) is 55.5 Å². The minimum Gasteiger partial charge on any atom is -0.349 e. The molecule has 0 radical (unpaired) electrons. The van der Waals surface area contributed by atoms with Gasteiger partial charge in [0.15, 0.2) is 0 Å². The first kappa shape index (κ1) is 16.9. The summed E-state index contributed by atoms with van der Waals surface area (Å²) in [4.78, 5) is 16.3. The highest BCUT2D eigenvalue weighted by molar-refractivity contribution is 6.30. The molecule has 1 saturated carbocycles. The summed E-state index contributed by atoms with van der Waals surface area (Å²) in [5, 5.41) is 3.86. The maximum Gasteiger partial charge on any atom is 0.253 e. The van der Waals surface area contributed by atoms with Gasteiger partial charge in [-0.3, -0.25) is 9.78 Å². The topological polar surface area (TPSA) is 68.0 Å². The number of benzene rings is 1. The van der Waals surface area contributed by atoms with E-state index in [0.29, 0.717) is 12.1 Å². The Labute approximate surface area is 147 Å². The van der Waals surface area contributed by atoms with Crippen molar-refractivity contribution in [3.63, 3.8) is 0 Å². The Morgan fingerprint density at radius 2 is 2.08 bits per heavy atom. The molecular formula is C19H22ClN3O. The Kier molecular flexibility index (Phi) is 5.17.